The van der Waals surface area contributed by atoms with Crippen LogP contribution in [0.2, 0.25) is 0 Å². The molecule has 0 unspecified atom stereocenters. The van der Waals surface area contributed by atoms with E-state index in [1.165, 1.54) is 31.4 Å². The molecule has 1 aliphatic rings. The fourth-order valence-electron chi connectivity index (χ4n) is 2.60. The highest BCUT2D eigenvalue weighted by Gasteiger charge is 2.30. The molecule has 0 aromatic carbocycles. The zero-order valence-electron chi connectivity index (χ0n) is 12.9. The van der Waals surface area contributed by atoms with E-state index >= 15 is 0 Å². The van der Waals surface area contributed by atoms with Crippen LogP contribution in [0.15, 0.2) is 12.3 Å². The Labute approximate surface area is 117 Å². The van der Waals surface area contributed by atoms with Crippen LogP contribution in [0.4, 0.5) is 0 Å². The first-order valence-corrected chi connectivity index (χ1v) is 7.86. The first-order chi connectivity index (χ1) is 9.08. The van der Waals surface area contributed by atoms with E-state index in [1.54, 1.807) is 0 Å². The maximum absolute atomic E-state index is 4.72. The quantitative estimate of drug-likeness (QED) is 0.777. The summed E-state index contributed by atoms with van der Waals surface area (Å²) in [5.41, 5.74) is 1.62. The van der Waals surface area contributed by atoms with Gasteiger partial charge in [-0.15, -0.1) is 0 Å². The minimum Gasteiger partial charge on any atom is -0.313 e. The van der Waals surface area contributed by atoms with Gasteiger partial charge in [0.25, 0.3) is 0 Å². The van der Waals surface area contributed by atoms with Gasteiger partial charge in [-0.2, -0.15) is 5.10 Å². The van der Waals surface area contributed by atoms with Crippen molar-refractivity contribution in [2.24, 2.45) is 5.41 Å². The summed E-state index contributed by atoms with van der Waals surface area (Å²) >= 11 is 0. The van der Waals surface area contributed by atoms with Crippen LogP contribution in [0.25, 0.3) is 0 Å². The molecule has 2 rings (SSSR count). The van der Waals surface area contributed by atoms with Crippen molar-refractivity contribution in [3.63, 3.8) is 0 Å². The molecule has 0 saturated heterocycles. The molecule has 1 fully saturated rings. The van der Waals surface area contributed by atoms with E-state index in [9.17, 15) is 0 Å². The van der Waals surface area contributed by atoms with Crippen molar-refractivity contribution in [2.75, 3.05) is 6.54 Å². The van der Waals surface area contributed by atoms with Crippen LogP contribution in [-0.2, 0) is 6.42 Å². The van der Waals surface area contributed by atoms with Gasteiger partial charge in [-0.05, 0) is 57.4 Å². The summed E-state index contributed by atoms with van der Waals surface area (Å²) in [6, 6.07) is 3.44. The van der Waals surface area contributed by atoms with Crippen LogP contribution in [-0.4, -0.2) is 22.4 Å². The summed E-state index contributed by atoms with van der Waals surface area (Å²) in [4.78, 5) is 0. The smallest absolute Gasteiger partial charge is 0.0630 e. The molecule has 1 aliphatic carbocycles. The summed E-state index contributed by atoms with van der Waals surface area (Å²) in [5.74, 6) is 0. The molecular weight excluding hydrogens is 234 g/mol. The molecule has 1 aromatic rings. The number of rotatable bonds is 8. The third-order valence-electron chi connectivity index (χ3n) is 4.59. The van der Waals surface area contributed by atoms with E-state index in [-0.39, 0.29) is 0 Å². The van der Waals surface area contributed by atoms with Gasteiger partial charge in [-0.25, -0.2) is 0 Å². The van der Waals surface area contributed by atoms with Crippen molar-refractivity contribution in [1.82, 2.24) is 15.1 Å². The normalized spacial score (nSPS) is 16.3. The molecule has 1 aromatic heterocycles. The van der Waals surface area contributed by atoms with Gasteiger partial charge >= 0.3 is 0 Å². The third kappa shape index (κ3) is 3.82. The second-order valence-corrected chi connectivity index (χ2v) is 6.42. The molecule has 108 valence electrons. The van der Waals surface area contributed by atoms with Gasteiger partial charge in [0.05, 0.1) is 5.69 Å². The number of hydrogen-bond donors (Lipinski definition) is 1. The molecule has 3 nitrogen and oxygen atoms in total. The van der Waals surface area contributed by atoms with E-state index in [0.717, 1.165) is 19.0 Å². The lowest BCUT2D eigenvalue weighted by Crippen LogP contribution is -2.36. The van der Waals surface area contributed by atoms with E-state index in [2.05, 4.69) is 50.0 Å². The lowest BCUT2D eigenvalue weighted by Gasteiger charge is -2.31. The Balaban J connectivity index is 2.00. The number of nitrogens with one attached hydrogen (secondary N) is 1. The summed E-state index contributed by atoms with van der Waals surface area (Å²) in [6.07, 6.45) is 8.39. The molecular formula is C16H29N3. The second kappa shape index (κ2) is 6.08. The Morgan fingerprint density at radius 2 is 2.05 bits per heavy atom. The summed E-state index contributed by atoms with van der Waals surface area (Å²) in [7, 11) is 0. The molecule has 0 radical (unpaired) electrons. The first kappa shape index (κ1) is 14.6. The van der Waals surface area contributed by atoms with Gasteiger partial charge in [0.2, 0.25) is 0 Å². The lowest BCUT2D eigenvalue weighted by atomic mass is 9.78. The van der Waals surface area contributed by atoms with Crippen LogP contribution in [0, 0.1) is 5.41 Å². The Bertz CT molecular complexity index is 386. The Hall–Kier alpha value is -0.830. The van der Waals surface area contributed by atoms with Gasteiger partial charge in [-0.3, -0.25) is 4.68 Å². The van der Waals surface area contributed by atoms with Crippen molar-refractivity contribution in [3.05, 3.63) is 18.0 Å². The Morgan fingerprint density at radius 1 is 1.37 bits per heavy atom. The molecule has 0 aliphatic heterocycles. The van der Waals surface area contributed by atoms with Crippen LogP contribution >= 0.6 is 0 Å². The van der Waals surface area contributed by atoms with E-state index in [4.69, 9.17) is 5.10 Å². The SMILES string of the molecule is CCC(CC)(CNC1CC1)Cc1ccn(C(C)C)n1. The highest BCUT2D eigenvalue weighted by molar-refractivity contribution is 5.04. The number of aromatic nitrogens is 2. The lowest BCUT2D eigenvalue weighted by molar-refractivity contribution is 0.242. The minimum atomic E-state index is 0.374. The first-order valence-electron chi connectivity index (χ1n) is 7.86. The fraction of sp³-hybridized carbons (Fsp3) is 0.812. The highest BCUT2D eigenvalue weighted by atomic mass is 15.3. The molecule has 1 saturated carbocycles. The van der Waals surface area contributed by atoms with Crippen LogP contribution < -0.4 is 5.32 Å². The zero-order valence-corrected chi connectivity index (χ0v) is 12.9. The van der Waals surface area contributed by atoms with Crippen molar-refractivity contribution >= 4 is 0 Å². The zero-order chi connectivity index (χ0) is 13.9. The Kier molecular flexibility index (Phi) is 4.67. The maximum atomic E-state index is 4.72. The largest absolute Gasteiger partial charge is 0.313 e. The van der Waals surface area contributed by atoms with Crippen molar-refractivity contribution in [3.8, 4) is 0 Å². The van der Waals surface area contributed by atoms with Gasteiger partial charge in [-0.1, -0.05) is 13.8 Å². The number of nitrogens with zero attached hydrogens (tertiary/aromatic N) is 2. The van der Waals surface area contributed by atoms with Gasteiger partial charge in [0, 0.05) is 24.8 Å². The van der Waals surface area contributed by atoms with E-state index < -0.39 is 0 Å². The minimum absolute atomic E-state index is 0.374. The number of hydrogen-bond acceptors (Lipinski definition) is 2. The molecule has 0 atom stereocenters. The van der Waals surface area contributed by atoms with Gasteiger partial charge in [0.15, 0.2) is 0 Å². The monoisotopic (exact) mass is 263 g/mol. The predicted octanol–water partition coefficient (Wildman–Crippen LogP) is 3.56. The molecule has 0 amide bonds. The van der Waals surface area contributed by atoms with E-state index in [1.807, 2.05) is 0 Å². The average Bonchev–Trinajstić information content (AvgIpc) is 3.12. The molecule has 3 heteroatoms. The van der Waals surface area contributed by atoms with Crippen molar-refractivity contribution in [1.29, 1.82) is 0 Å². The molecule has 19 heavy (non-hydrogen) atoms. The van der Waals surface area contributed by atoms with Crippen LogP contribution in [0.1, 0.15) is 65.1 Å². The second-order valence-electron chi connectivity index (χ2n) is 6.42. The van der Waals surface area contributed by atoms with Crippen molar-refractivity contribution in [2.45, 2.75) is 71.9 Å². The Morgan fingerprint density at radius 3 is 2.53 bits per heavy atom. The average molecular weight is 263 g/mol. The predicted molar refractivity (Wildman–Crippen MR) is 80.4 cm³/mol. The standard InChI is InChI=1S/C16H29N3/c1-5-16(6-2,12-17-14-7-8-14)11-15-9-10-19(18-15)13(3)4/h9-10,13-14,17H,5-8,11-12H2,1-4H3. The van der Waals surface area contributed by atoms with Gasteiger partial charge in [0.1, 0.15) is 0 Å². The molecule has 1 heterocycles. The van der Waals surface area contributed by atoms with Crippen molar-refractivity contribution < 1.29 is 0 Å². The summed E-state index contributed by atoms with van der Waals surface area (Å²) in [5, 5.41) is 8.44. The van der Waals surface area contributed by atoms with Crippen LogP contribution in [0.5, 0.6) is 0 Å². The summed E-state index contributed by atoms with van der Waals surface area (Å²) < 4.78 is 2.07. The fourth-order valence-corrected chi connectivity index (χ4v) is 2.60. The maximum Gasteiger partial charge on any atom is 0.0630 e. The molecule has 0 bridgehead atoms. The van der Waals surface area contributed by atoms with Crippen LogP contribution in [0.3, 0.4) is 0 Å². The molecule has 0 spiro atoms. The highest BCUT2D eigenvalue weighted by Crippen LogP contribution is 2.31. The topological polar surface area (TPSA) is 29.9 Å². The van der Waals surface area contributed by atoms with Gasteiger partial charge < -0.3 is 5.32 Å². The third-order valence-corrected chi connectivity index (χ3v) is 4.59. The summed E-state index contributed by atoms with van der Waals surface area (Å²) in [6.45, 7) is 10.1. The van der Waals surface area contributed by atoms with E-state index in [0.29, 0.717) is 11.5 Å². The molecule has 1 N–H and O–H groups in total.